The highest BCUT2D eigenvalue weighted by Crippen LogP contribution is 2.38. The lowest BCUT2D eigenvalue weighted by Gasteiger charge is -2.14. The standard InChI is InChI=1S/C24H30N4/c1-15-16(2)24(28-14-26-12-8-10-22(26)20(28)6)18(4)17(3)23(15)27-13-25-11-7-9-21(25)19(27)5/h7-9,12H,10-11,13-14H2,1-6H3/q+4. The summed E-state index contributed by atoms with van der Waals surface area (Å²) in [5.74, 6) is 0. The lowest BCUT2D eigenvalue weighted by atomic mass is 9.94. The first kappa shape index (κ1) is 17.5. The summed E-state index contributed by atoms with van der Waals surface area (Å²) in [6.45, 7) is 16.7. The number of rotatable bonds is 2. The van der Waals surface area contributed by atoms with E-state index in [9.17, 15) is 0 Å². The maximum absolute atomic E-state index is 2.52. The van der Waals surface area contributed by atoms with Crippen LogP contribution in [0, 0.1) is 27.7 Å². The Bertz CT molecular complexity index is 1120. The minimum absolute atomic E-state index is 0.933. The second-order valence-corrected chi connectivity index (χ2v) is 8.52. The monoisotopic (exact) mass is 374 g/mol. The lowest BCUT2D eigenvalue weighted by molar-refractivity contribution is -0.673. The molecular formula is C24H30N4+4. The minimum atomic E-state index is 0.933. The van der Waals surface area contributed by atoms with Gasteiger partial charge >= 0.3 is 13.3 Å². The number of hydrogen-bond acceptors (Lipinski definition) is 0. The molecule has 0 fully saturated rings. The highest BCUT2D eigenvalue weighted by Gasteiger charge is 2.43. The van der Waals surface area contributed by atoms with Crippen molar-refractivity contribution in [2.45, 2.75) is 48.0 Å². The minimum Gasteiger partial charge on any atom is -0.162 e. The van der Waals surface area contributed by atoms with Crippen LogP contribution in [0.3, 0.4) is 0 Å². The molecule has 0 unspecified atom stereocenters. The molecule has 5 rings (SSSR count). The van der Waals surface area contributed by atoms with E-state index in [-0.39, 0.29) is 0 Å². The predicted octanol–water partition coefficient (Wildman–Crippen LogP) is 3.47. The molecule has 0 saturated heterocycles. The molecule has 0 saturated carbocycles. The van der Waals surface area contributed by atoms with Crippen molar-refractivity contribution in [1.29, 1.82) is 0 Å². The van der Waals surface area contributed by atoms with Gasteiger partial charge in [0.05, 0.1) is 6.42 Å². The van der Waals surface area contributed by atoms with Crippen LogP contribution in [0.15, 0.2) is 24.4 Å². The van der Waals surface area contributed by atoms with Crippen LogP contribution in [0.1, 0.15) is 42.5 Å². The summed E-state index contributed by atoms with van der Waals surface area (Å²) in [5, 5.41) is 0. The summed E-state index contributed by atoms with van der Waals surface area (Å²) in [6.07, 6.45) is 10.1. The van der Waals surface area contributed by atoms with Gasteiger partial charge in [-0.25, -0.2) is 0 Å². The van der Waals surface area contributed by atoms with E-state index >= 15 is 0 Å². The molecular weight excluding hydrogens is 344 g/mol. The smallest absolute Gasteiger partial charge is 0.162 e. The molecule has 0 radical (unpaired) electrons. The fourth-order valence-corrected chi connectivity index (χ4v) is 5.35. The number of nitrogens with zero attached hydrogens (tertiary/aromatic N) is 4. The average molecular weight is 375 g/mol. The zero-order valence-electron chi connectivity index (χ0n) is 17.9. The fourth-order valence-electron chi connectivity index (χ4n) is 5.35. The summed E-state index contributed by atoms with van der Waals surface area (Å²) in [5.41, 5.74) is 14.0. The van der Waals surface area contributed by atoms with E-state index in [1.54, 1.807) is 0 Å². The Morgan fingerprint density at radius 1 is 0.714 bits per heavy atom. The van der Waals surface area contributed by atoms with Gasteiger partial charge in [-0.1, -0.05) is 0 Å². The number of hydrogen-bond donors (Lipinski definition) is 0. The molecule has 0 atom stereocenters. The third-order valence-corrected chi connectivity index (χ3v) is 7.18. The van der Waals surface area contributed by atoms with Gasteiger partial charge < -0.3 is 0 Å². The largest absolute Gasteiger partial charge is 0.345 e. The molecule has 28 heavy (non-hydrogen) atoms. The summed E-state index contributed by atoms with van der Waals surface area (Å²) in [4.78, 5) is 0. The Hall–Kier alpha value is -2.62. The van der Waals surface area contributed by atoms with Gasteiger partial charge in [0, 0.05) is 42.2 Å². The van der Waals surface area contributed by atoms with E-state index in [0.717, 1.165) is 26.3 Å². The van der Waals surface area contributed by atoms with E-state index in [4.69, 9.17) is 0 Å². The number of benzene rings is 1. The van der Waals surface area contributed by atoms with Crippen LogP contribution in [0.5, 0.6) is 0 Å². The maximum atomic E-state index is 2.52. The molecule has 0 amide bonds. The maximum Gasteiger partial charge on any atom is 0.345 e. The Balaban J connectivity index is 1.66. The van der Waals surface area contributed by atoms with Crippen LogP contribution in [0.2, 0.25) is 0 Å². The van der Waals surface area contributed by atoms with E-state index in [1.165, 1.54) is 56.5 Å². The van der Waals surface area contributed by atoms with E-state index in [0.29, 0.717) is 0 Å². The average Bonchev–Trinajstić information content (AvgIpc) is 3.41. The van der Waals surface area contributed by atoms with Crippen LogP contribution >= 0.6 is 0 Å². The van der Waals surface area contributed by atoms with Crippen molar-refractivity contribution >= 4 is 34.2 Å². The van der Waals surface area contributed by atoms with Gasteiger partial charge in [0.2, 0.25) is 11.4 Å². The zero-order chi connectivity index (χ0) is 19.7. The van der Waals surface area contributed by atoms with E-state index < -0.39 is 0 Å². The lowest BCUT2D eigenvalue weighted by Crippen LogP contribution is -2.20. The van der Waals surface area contributed by atoms with Crippen molar-refractivity contribution in [2.75, 3.05) is 19.9 Å². The van der Waals surface area contributed by atoms with Crippen LogP contribution in [-0.4, -0.2) is 61.0 Å². The zero-order valence-corrected chi connectivity index (χ0v) is 17.9. The normalized spacial score (nSPS) is 20.5. The highest BCUT2D eigenvalue weighted by atomic mass is 15.3. The molecule has 1 aromatic rings. The van der Waals surface area contributed by atoms with Crippen molar-refractivity contribution < 1.29 is 18.3 Å². The molecule has 0 aromatic heterocycles. The Morgan fingerprint density at radius 3 is 1.89 bits per heavy atom. The molecule has 4 aliphatic rings. The first-order chi connectivity index (χ1) is 13.4. The second kappa shape index (κ2) is 5.94. The van der Waals surface area contributed by atoms with Crippen LogP contribution in [0.4, 0.5) is 11.4 Å². The molecule has 4 aliphatic heterocycles. The molecule has 0 spiro atoms. The van der Waals surface area contributed by atoms with E-state index in [1.807, 2.05) is 0 Å². The van der Waals surface area contributed by atoms with Crippen molar-refractivity contribution in [1.82, 2.24) is 0 Å². The molecule has 4 heterocycles. The van der Waals surface area contributed by atoms with Gasteiger partial charge in [-0.15, -0.1) is 13.7 Å². The van der Waals surface area contributed by atoms with E-state index in [2.05, 4.69) is 84.3 Å². The van der Waals surface area contributed by atoms with Crippen molar-refractivity contribution in [3.8, 4) is 0 Å². The first-order valence-electron chi connectivity index (χ1n) is 10.3. The van der Waals surface area contributed by atoms with Crippen molar-refractivity contribution in [3.63, 3.8) is 0 Å². The molecule has 0 N–H and O–H groups in total. The summed E-state index contributed by atoms with van der Waals surface area (Å²) < 4.78 is 9.89. The van der Waals surface area contributed by atoms with Crippen LogP contribution in [-0.2, 0) is 0 Å². The molecule has 4 nitrogen and oxygen atoms in total. The molecule has 1 aromatic carbocycles. The molecule has 0 bridgehead atoms. The number of allylic oxidation sites excluding steroid dienone is 2. The predicted molar refractivity (Wildman–Crippen MR) is 115 cm³/mol. The third kappa shape index (κ3) is 2.17. The second-order valence-electron chi connectivity index (χ2n) is 8.52. The van der Waals surface area contributed by atoms with Gasteiger partial charge in [0.1, 0.15) is 0 Å². The van der Waals surface area contributed by atoms with Gasteiger partial charge in [-0.3, -0.25) is 0 Å². The van der Waals surface area contributed by atoms with Crippen LogP contribution < -0.4 is 0 Å². The SMILES string of the molecule is CC1=[N+](c2c(C)c(C)c([N+]3=C(C)C4=[N+](CC=C4)C3)c(C)c2C)C[N+]2=C1CC=C2. The Labute approximate surface area is 167 Å². The summed E-state index contributed by atoms with van der Waals surface area (Å²) in [7, 11) is 0. The topological polar surface area (TPSA) is 12.0 Å². The molecule has 4 heteroatoms. The molecule has 142 valence electrons. The summed E-state index contributed by atoms with van der Waals surface area (Å²) in [6, 6.07) is 0. The van der Waals surface area contributed by atoms with Crippen molar-refractivity contribution in [2.24, 2.45) is 0 Å². The van der Waals surface area contributed by atoms with Crippen molar-refractivity contribution in [3.05, 3.63) is 46.7 Å². The molecule has 0 aliphatic carbocycles. The third-order valence-electron chi connectivity index (χ3n) is 7.18. The van der Waals surface area contributed by atoms with Gasteiger partial charge in [-0.05, 0) is 39.8 Å². The Kier molecular flexibility index (Phi) is 3.71. The van der Waals surface area contributed by atoms with Gasteiger partial charge in [-0.2, -0.15) is 4.58 Å². The fraction of sp³-hybridized carbons (Fsp3) is 0.417. The quantitative estimate of drug-likeness (QED) is 0.703. The highest BCUT2D eigenvalue weighted by molar-refractivity contribution is 6.42. The van der Waals surface area contributed by atoms with Crippen LogP contribution in [0.25, 0.3) is 0 Å². The Morgan fingerprint density at radius 2 is 1.32 bits per heavy atom. The van der Waals surface area contributed by atoms with Gasteiger partial charge in [0.15, 0.2) is 12.7 Å². The first-order valence-corrected chi connectivity index (χ1v) is 10.3. The summed E-state index contributed by atoms with van der Waals surface area (Å²) >= 11 is 0. The van der Waals surface area contributed by atoms with Gasteiger partial charge in [0.25, 0.3) is 22.8 Å².